The van der Waals surface area contributed by atoms with E-state index in [2.05, 4.69) is 25.5 Å². The Hall–Kier alpha value is -2.64. The fraction of sp³-hybridized carbons (Fsp3) is 0.467. The third-order valence-electron chi connectivity index (χ3n) is 4.14. The van der Waals surface area contributed by atoms with Crippen molar-refractivity contribution in [1.82, 2.24) is 25.3 Å². The number of H-pyrrole nitrogens is 1. The molecule has 3 heterocycles. The molecule has 0 spiro atoms. The molecule has 1 amide bonds. The van der Waals surface area contributed by atoms with Gasteiger partial charge in [-0.05, 0) is 31.4 Å². The lowest BCUT2D eigenvalue weighted by Crippen LogP contribution is -2.47. The van der Waals surface area contributed by atoms with E-state index < -0.39 is 0 Å². The average Bonchev–Trinajstić information content (AvgIpc) is 3.00. The molecule has 8 heteroatoms. The van der Waals surface area contributed by atoms with Crippen LogP contribution in [0.1, 0.15) is 29.8 Å². The van der Waals surface area contributed by atoms with Crippen molar-refractivity contribution in [3.8, 4) is 0 Å². The predicted molar refractivity (Wildman–Crippen MR) is 85.4 cm³/mol. The number of aromatic amines is 1. The van der Waals surface area contributed by atoms with E-state index in [1.54, 1.807) is 30.1 Å². The number of amides is 1. The molecule has 1 saturated heterocycles. The van der Waals surface area contributed by atoms with Gasteiger partial charge in [0.05, 0.1) is 0 Å². The Bertz CT molecular complexity index is 717. The van der Waals surface area contributed by atoms with E-state index >= 15 is 0 Å². The van der Waals surface area contributed by atoms with E-state index in [1.165, 1.54) is 6.07 Å². The number of nitrogens with one attached hydrogen (secondary N) is 2. The number of anilines is 1. The SMILES string of the molecule is Cn1nccc1C(=O)NCC1CCCCN1c1ccc(=O)[nH]n1. The van der Waals surface area contributed by atoms with Crippen LogP contribution in [0.5, 0.6) is 0 Å². The number of aromatic nitrogens is 4. The van der Waals surface area contributed by atoms with Crippen molar-refractivity contribution in [2.24, 2.45) is 7.05 Å². The van der Waals surface area contributed by atoms with Gasteiger partial charge in [0.25, 0.3) is 11.5 Å². The highest BCUT2D eigenvalue weighted by Gasteiger charge is 2.24. The summed E-state index contributed by atoms with van der Waals surface area (Å²) < 4.78 is 1.55. The lowest BCUT2D eigenvalue weighted by atomic mass is 10.0. The van der Waals surface area contributed by atoms with Gasteiger partial charge in [-0.25, -0.2) is 5.10 Å². The molecule has 1 fully saturated rings. The molecular weight excluding hydrogens is 296 g/mol. The zero-order chi connectivity index (χ0) is 16.2. The Morgan fingerprint density at radius 1 is 1.39 bits per heavy atom. The molecule has 0 aliphatic carbocycles. The summed E-state index contributed by atoms with van der Waals surface area (Å²) in [6.45, 7) is 1.40. The van der Waals surface area contributed by atoms with Crippen molar-refractivity contribution in [3.63, 3.8) is 0 Å². The minimum absolute atomic E-state index is 0.134. The van der Waals surface area contributed by atoms with E-state index in [0.717, 1.165) is 31.6 Å². The molecule has 1 atom stereocenters. The highest BCUT2D eigenvalue weighted by molar-refractivity contribution is 5.92. The van der Waals surface area contributed by atoms with Gasteiger partial charge >= 0.3 is 0 Å². The summed E-state index contributed by atoms with van der Waals surface area (Å²) in [6.07, 6.45) is 4.78. The standard InChI is InChI=1S/C15H20N6O2/c1-20-12(7-8-17-20)15(23)16-10-11-4-2-3-9-21(11)13-5-6-14(22)19-18-13/h5-8,11H,2-4,9-10H2,1H3,(H,16,23)(H,19,22). The predicted octanol–water partition coefficient (Wildman–Crippen LogP) is 0.292. The van der Waals surface area contributed by atoms with Crippen LogP contribution >= 0.6 is 0 Å². The molecule has 1 unspecified atom stereocenters. The molecule has 2 N–H and O–H groups in total. The van der Waals surface area contributed by atoms with Crippen molar-refractivity contribution in [2.75, 3.05) is 18.0 Å². The molecule has 0 radical (unpaired) electrons. The van der Waals surface area contributed by atoms with Crippen LogP contribution in [0.3, 0.4) is 0 Å². The molecule has 122 valence electrons. The molecule has 23 heavy (non-hydrogen) atoms. The second-order valence-electron chi connectivity index (χ2n) is 5.67. The second-order valence-corrected chi connectivity index (χ2v) is 5.67. The highest BCUT2D eigenvalue weighted by atomic mass is 16.2. The Kier molecular flexibility index (Phi) is 4.40. The first-order chi connectivity index (χ1) is 11.1. The van der Waals surface area contributed by atoms with Crippen LogP contribution in [-0.2, 0) is 7.05 Å². The van der Waals surface area contributed by atoms with E-state index in [1.807, 2.05) is 0 Å². The van der Waals surface area contributed by atoms with Crippen molar-refractivity contribution < 1.29 is 4.79 Å². The van der Waals surface area contributed by atoms with Gasteiger partial charge in [0.1, 0.15) is 11.5 Å². The third-order valence-corrected chi connectivity index (χ3v) is 4.14. The number of hydrogen-bond acceptors (Lipinski definition) is 5. The molecule has 0 aromatic carbocycles. The molecule has 1 aliphatic rings. The van der Waals surface area contributed by atoms with E-state index in [4.69, 9.17) is 0 Å². The lowest BCUT2D eigenvalue weighted by Gasteiger charge is -2.36. The number of carbonyl (C=O) groups excluding carboxylic acids is 1. The first kappa shape index (κ1) is 15.3. The van der Waals surface area contributed by atoms with Crippen LogP contribution in [0.25, 0.3) is 0 Å². The van der Waals surface area contributed by atoms with Crippen molar-refractivity contribution in [3.05, 3.63) is 40.4 Å². The zero-order valence-corrected chi connectivity index (χ0v) is 13.0. The third kappa shape index (κ3) is 3.41. The maximum atomic E-state index is 12.2. The van der Waals surface area contributed by atoms with E-state index in [-0.39, 0.29) is 17.5 Å². The van der Waals surface area contributed by atoms with Gasteiger partial charge in [0, 0.05) is 38.4 Å². The maximum absolute atomic E-state index is 12.2. The summed E-state index contributed by atoms with van der Waals surface area (Å²) in [7, 11) is 1.74. The molecule has 8 nitrogen and oxygen atoms in total. The Labute approximate surface area is 133 Å². The number of nitrogens with zero attached hydrogens (tertiary/aromatic N) is 4. The van der Waals surface area contributed by atoms with Crippen LogP contribution in [0.2, 0.25) is 0 Å². The summed E-state index contributed by atoms with van der Waals surface area (Å²) in [5.74, 6) is 0.606. The zero-order valence-electron chi connectivity index (χ0n) is 13.0. The maximum Gasteiger partial charge on any atom is 0.269 e. The average molecular weight is 316 g/mol. The molecular formula is C15H20N6O2. The van der Waals surface area contributed by atoms with E-state index in [0.29, 0.717) is 12.2 Å². The molecule has 1 aliphatic heterocycles. The van der Waals surface area contributed by atoms with E-state index in [9.17, 15) is 9.59 Å². The fourth-order valence-corrected chi connectivity index (χ4v) is 2.91. The van der Waals surface area contributed by atoms with Crippen molar-refractivity contribution in [1.29, 1.82) is 0 Å². The Morgan fingerprint density at radius 3 is 2.96 bits per heavy atom. The highest BCUT2D eigenvalue weighted by Crippen LogP contribution is 2.21. The first-order valence-electron chi connectivity index (χ1n) is 7.74. The summed E-state index contributed by atoms with van der Waals surface area (Å²) >= 11 is 0. The van der Waals surface area contributed by atoms with Crippen molar-refractivity contribution in [2.45, 2.75) is 25.3 Å². The molecule has 3 rings (SSSR count). The Balaban J connectivity index is 1.67. The summed E-state index contributed by atoms with van der Waals surface area (Å²) in [5.41, 5.74) is 0.321. The smallest absolute Gasteiger partial charge is 0.269 e. The van der Waals surface area contributed by atoms with Gasteiger partial charge in [0.2, 0.25) is 0 Å². The molecule has 2 aromatic rings. The summed E-state index contributed by atoms with van der Waals surface area (Å²) in [6, 6.07) is 5.05. The van der Waals surface area contributed by atoms with Gasteiger partial charge in [-0.3, -0.25) is 14.3 Å². The quantitative estimate of drug-likeness (QED) is 0.845. The minimum Gasteiger partial charge on any atom is -0.350 e. The van der Waals surface area contributed by atoms with Crippen LogP contribution in [0.15, 0.2) is 29.2 Å². The van der Waals surface area contributed by atoms with Crippen LogP contribution in [0, 0.1) is 0 Å². The van der Waals surface area contributed by atoms with Gasteiger partial charge in [-0.2, -0.15) is 10.2 Å². The molecule has 0 bridgehead atoms. The number of piperidine rings is 1. The number of hydrogen-bond donors (Lipinski definition) is 2. The van der Waals surface area contributed by atoms with Gasteiger partial charge in [-0.1, -0.05) is 0 Å². The largest absolute Gasteiger partial charge is 0.350 e. The van der Waals surface area contributed by atoms with Crippen LogP contribution < -0.4 is 15.8 Å². The van der Waals surface area contributed by atoms with Crippen LogP contribution in [-0.4, -0.2) is 45.0 Å². The monoisotopic (exact) mass is 316 g/mol. The summed E-state index contributed by atoms with van der Waals surface area (Å²) in [4.78, 5) is 25.5. The molecule has 2 aromatic heterocycles. The summed E-state index contributed by atoms with van der Waals surface area (Å²) in [5, 5.41) is 13.5. The van der Waals surface area contributed by atoms with Crippen molar-refractivity contribution >= 4 is 11.7 Å². The minimum atomic E-state index is -0.216. The normalized spacial score (nSPS) is 18.0. The first-order valence-corrected chi connectivity index (χ1v) is 7.74. The van der Waals surface area contributed by atoms with Gasteiger partial charge in [-0.15, -0.1) is 0 Å². The number of aryl methyl sites for hydroxylation is 1. The second kappa shape index (κ2) is 6.64. The Morgan fingerprint density at radius 2 is 2.26 bits per heavy atom. The van der Waals surface area contributed by atoms with Gasteiger partial charge in [0.15, 0.2) is 0 Å². The fourth-order valence-electron chi connectivity index (χ4n) is 2.91. The molecule has 0 saturated carbocycles. The lowest BCUT2D eigenvalue weighted by molar-refractivity contribution is 0.0940. The number of carbonyl (C=O) groups is 1. The topological polar surface area (TPSA) is 95.9 Å². The van der Waals surface area contributed by atoms with Crippen LogP contribution in [0.4, 0.5) is 5.82 Å². The number of rotatable bonds is 4. The van der Waals surface area contributed by atoms with Gasteiger partial charge < -0.3 is 10.2 Å².